The van der Waals surface area contributed by atoms with Crippen LogP contribution in [0.2, 0.25) is 0 Å². The maximum Gasteiger partial charge on any atom is 0.248 e. The van der Waals surface area contributed by atoms with Crippen LogP contribution in [0.4, 0.5) is 31.9 Å². The number of carbonyl (C=O) groups excluding carboxylic acids is 1. The highest BCUT2D eigenvalue weighted by atomic mass is 32.2. The third-order valence-corrected chi connectivity index (χ3v) is 4.82. The molecule has 1 amide bonds. The molecule has 1 heterocycles. The smallest absolute Gasteiger partial charge is 0.248 e. The number of benzene rings is 2. The highest BCUT2D eigenvalue weighted by Crippen LogP contribution is 2.26. The Bertz CT molecular complexity index is 1250. The summed E-state index contributed by atoms with van der Waals surface area (Å²) in [6.45, 7) is 0.191. The summed E-state index contributed by atoms with van der Waals surface area (Å²) in [7, 11) is -3.55. The number of amides is 1. The van der Waals surface area contributed by atoms with E-state index in [1.54, 1.807) is 18.2 Å². The van der Waals surface area contributed by atoms with Crippen LogP contribution in [-0.4, -0.2) is 37.1 Å². The predicted octanol–water partition coefficient (Wildman–Crippen LogP) is 2.62. The number of hydrogen-bond donors (Lipinski definition) is 4. The lowest BCUT2D eigenvalue weighted by atomic mass is 10.1. The van der Waals surface area contributed by atoms with Gasteiger partial charge in [-0.1, -0.05) is 12.1 Å². The Morgan fingerprint density at radius 1 is 1.09 bits per heavy atom. The van der Waals surface area contributed by atoms with E-state index in [1.165, 1.54) is 18.2 Å². The predicted molar refractivity (Wildman–Crippen MR) is 117 cm³/mol. The summed E-state index contributed by atoms with van der Waals surface area (Å²) in [5, 5.41) is 5.59. The minimum Gasteiger partial charge on any atom is -0.366 e. The summed E-state index contributed by atoms with van der Waals surface area (Å²) in [4.78, 5) is 19.2. The molecule has 12 heteroatoms. The van der Waals surface area contributed by atoms with Gasteiger partial charge in [-0.2, -0.15) is 4.98 Å². The van der Waals surface area contributed by atoms with Crippen molar-refractivity contribution in [3.05, 3.63) is 71.4 Å². The fourth-order valence-electron chi connectivity index (χ4n) is 2.78. The molecule has 0 aliphatic carbocycles. The van der Waals surface area contributed by atoms with E-state index >= 15 is 0 Å². The van der Waals surface area contributed by atoms with E-state index < -0.39 is 27.6 Å². The first-order valence-electron chi connectivity index (χ1n) is 9.31. The van der Waals surface area contributed by atoms with Gasteiger partial charge >= 0.3 is 0 Å². The molecule has 0 bridgehead atoms. The van der Waals surface area contributed by atoms with Crippen LogP contribution < -0.4 is 21.1 Å². The number of carbonyl (C=O) groups is 1. The van der Waals surface area contributed by atoms with Gasteiger partial charge in [0.05, 0.1) is 23.8 Å². The lowest BCUT2D eigenvalue weighted by Crippen LogP contribution is -2.14. The van der Waals surface area contributed by atoms with Gasteiger partial charge in [0.15, 0.2) is 11.6 Å². The van der Waals surface area contributed by atoms with E-state index in [0.717, 1.165) is 18.5 Å². The fraction of sp³-hybridized carbons (Fsp3) is 0.150. The fourth-order valence-corrected chi connectivity index (χ4v) is 3.35. The number of aromatic nitrogens is 2. The van der Waals surface area contributed by atoms with Crippen LogP contribution in [0, 0.1) is 11.6 Å². The molecule has 0 saturated heterocycles. The first-order chi connectivity index (χ1) is 15.1. The number of hydrogen-bond acceptors (Lipinski definition) is 7. The second-order valence-corrected chi connectivity index (χ2v) is 8.53. The lowest BCUT2D eigenvalue weighted by molar-refractivity contribution is 0.1000. The largest absolute Gasteiger partial charge is 0.366 e. The van der Waals surface area contributed by atoms with E-state index in [1.807, 2.05) is 0 Å². The van der Waals surface area contributed by atoms with Gasteiger partial charge in [0.1, 0.15) is 5.82 Å². The van der Waals surface area contributed by atoms with Crippen LogP contribution in [-0.2, 0) is 16.4 Å². The van der Waals surface area contributed by atoms with Crippen molar-refractivity contribution in [3.8, 4) is 0 Å². The third kappa shape index (κ3) is 6.11. The Morgan fingerprint density at radius 3 is 2.50 bits per heavy atom. The number of nitrogens with two attached hydrogens (primary N) is 1. The molecule has 0 atom stereocenters. The molecule has 0 radical (unpaired) electrons. The summed E-state index contributed by atoms with van der Waals surface area (Å²) in [5.74, 6) is -2.04. The Kier molecular flexibility index (Phi) is 6.83. The minimum atomic E-state index is -3.55. The van der Waals surface area contributed by atoms with Crippen molar-refractivity contribution in [1.82, 2.24) is 9.97 Å². The van der Waals surface area contributed by atoms with Crippen LogP contribution in [0.25, 0.3) is 0 Å². The van der Waals surface area contributed by atoms with Gasteiger partial charge in [0.25, 0.3) is 0 Å². The quantitative estimate of drug-likeness (QED) is 0.383. The Labute approximate surface area is 183 Å². The van der Waals surface area contributed by atoms with Crippen molar-refractivity contribution in [2.45, 2.75) is 6.42 Å². The summed E-state index contributed by atoms with van der Waals surface area (Å²) in [6.07, 6.45) is 2.13. The zero-order valence-corrected chi connectivity index (χ0v) is 17.7. The summed E-state index contributed by atoms with van der Waals surface area (Å²) >= 11 is 0. The lowest BCUT2D eigenvalue weighted by Gasteiger charge is -2.13. The molecule has 0 spiro atoms. The number of sulfonamides is 1. The molecule has 3 rings (SSSR count). The number of halogens is 2. The van der Waals surface area contributed by atoms with Gasteiger partial charge in [-0.05, 0) is 42.3 Å². The van der Waals surface area contributed by atoms with Gasteiger partial charge in [-0.25, -0.2) is 22.2 Å². The Hall–Kier alpha value is -3.80. The van der Waals surface area contributed by atoms with Gasteiger partial charge in [-0.3, -0.25) is 9.52 Å². The molecular weight excluding hydrogens is 442 g/mol. The first kappa shape index (κ1) is 22.9. The molecule has 2 aromatic carbocycles. The molecular formula is C20H20F2N6O3S. The average molecular weight is 462 g/mol. The Morgan fingerprint density at radius 2 is 1.81 bits per heavy atom. The highest BCUT2D eigenvalue weighted by molar-refractivity contribution is 7.92. The highest BCUT2D eigenvalue weighted by Gasteiger charge is 2.12. The number of nitrogens with zero attached hydrogens (tertiary/aromatic N) is 2. The molecule has 0 saturated carbocycles. The van der Waals surface area contributed by atoms with E-state index in [-0.39, 0.29) is 47.2 Å². The zero-order chi connectivity index (χ0) is 23.3. The van der Waals surface area contributed by atoms with Gasteiger partial charge < -0.3 is 16.4 Å². The number of nitrogens with one attached hydrogen (secondary N) is 3. The molecule has 3 aromatic rings. The van der Waals surface area contributed by atoms with Crippen molar-refractivity contribution >= 4 is 39.1 Å². The second kappa shape index (κ2) is 9.56. The van der Waals surface area contributed by atoms with E-state index in [2.05, 4.69) is 25.3 Å². The average Bonchev–Trinajstić information content (AvgIpc) is 2.72. The van der Waals surface area contributed by atoms with Gasteiger partial charge in [0, 0.05) is 12.1 Å². The standard InChI is InChI=1S/C20H20F2N6O3S/c1-32(30,31)28-17-5-3-2-4-16(17)26-19-15(22)11-25-20(27-19)24-9-8-12-10-13(18(23)29)6-7-14(12)21/h2-7,10-11,28H,8-9H2,1H3,(H2,23,29)(H2,24,25,26,27). The van der Waals surface area contributed by atoms with Crippen molar-refractivity contribution in [3.63, 3.8) is 0 Å². The maximum atomic E-state index is 14.2. The number of para-hydroxylation sites is 2. The molecule has 32 heavy (non-hydrogen) atoms. The molecule has 0 aliphatic rings. The SMILES string of the molecule is CS(=O)(=O)Nc1ccccc1Nc1nc(NCCc2cc(C(N)=O)ccc2F)ncc1F. The van der Waals surface area contributed by atoms with Crippen LogP contribution in [0.3, 0.4) is 0 Å². The number of primary amides is 1. The van der Waals surface area contributed by atoms with Crippen molar-refractivity contribution < 1.29 is 22.0 Å². The molecule has 0 aliphatic heterocycles. The number of rotatable bonds is 9. The summed E-state index contributed by atoms with van der Waals surface area (Å²) in [5.41, 5.74) is 6.17. The van der Waals surface area contributed by atoms with E-state index in [0.29, 0.717) is 0 Å². The van der Waals surface area contributed by atoms with E-state index in [4.69, 9.17) is 5.73 Å². The number of anilines is 4. The maximum absolute atomic E-state index is 14.2. The van der Waals surface area contributed by atoms with Crippen molar-refractivity contribution in [2.24, 2.45) is 5.73 Å². The molecule has 0 unspecified atom stereocenters. The van der Waals surface area contributed by atoms with Crippen molar-refractivity contribution in [1.29, 1.82) is 0 Å². The van der Waals surface area contributed by atoms with Crippen molar-refractivity contribution in [2.75, 3.05) is 28.2 Å². The van der Waals surface area contributed by atoms with Gasteiger partial charge in [0.2, 0.25) is 21.9 Å². The molecule has 168 valence electrons. The zero-order valence-electron chi connectivity index (χ0n) is 16.9. The molecule has 0 fully saturated rings. The van der Waals surface area contributed by atoms with E-state index in [9.17, 15) is 22.0 Å². The van der Waals surface area contributed by atoms with Crippen LogP contribution >= 0.6 is 0 Å². The topological polar surface area (TPSA) is 139 Å². The second-order valence-electron chi connectivity index (χ2n) is 6.78. The summed E-state index contributed by atoms with van der Waals surface area (Å²) < 4.78 is 53.6. The van der Waals surface area contributed by atoms with Crippen LogP contribution in [0.1, 0.15) is 15.9 Å². The third-order valence-electron chi connectivity index (χ3n) is 4.23. The van der Waals surface area contributed by atoms with Crippen LogP contribution in [0.5, 0.6) is 0 Å². The first-order valence-corrected chi connectivity index (χ1v) is 11.2. The normalized spacial score (nSPS) is 11.1. The minimum absolute atomic E-state index is 0.0638. The van der Waals surface area contributed by atoms with Gasteiger partial charge in [-0.15, -0.1) is 0 Å². The molecule has 1 aromatic heterocycles. The molecule has 5 N–H and O–H groups in total. The Balaban J connectivity index is 1.72. The molecule has 9 nitrogen and oxygen atoms in total. The monoisotopic (exact) mass is 462 g/mol. The summed E-state index contributed by atoms with van der Waals surface area (Å²) in [6, 6.07) is 10.1. The van der Waals surface area contributed by atoms with Crippen LogP contribution in [0.15, 0.2) is 48.7 Å².